The SMILES string of the molecule is CCCSNc1ccc(F)c(C(=O)c2c[nH]c3ncnc(Nc4cccc(N(NC)C(C)=N)c4)c23)c1F. The Labute approximate surface area is 216 Å². The Morgan fingerprint density at radius 3 is 2.76 bits per heavy atom. The molecule has 0 saturated carbocycles. The van der Waals surface area contributed by atoms with Gasteiger partial charge in [0.05, 0.1) is 27.9 Å². The lowest BCUT2D eigenvalue weighted by molar-refractivity contribution is 0.103. The number of amidine groups is 1. The molecule has 0 saturated heterocycles. The van der Waals surface area contributed by atoms with Crippen LogP contribution in [0.2, 0.25) is 0 Å². The molecule has 12 heteroatoms. The summed E-state index contributed by atoms with van der Waals surface area (Å²) in [4.78, 5) is 24.8. The largest absolute Gasteiger partial charge is 0.345 e. The molecule has 0 unspecified atom stereocenters. The molecule has 0 aliphatic rings. The topological polar surface area (TPSA) is 122 Å². The van der Waals surface area contributed by atoms with Gasteiger partial charge in [-0.05, 0) is 43.7 Å². The van der Waals surface area contributed by atoms with Crippen molar-refractivity contribution in [2.24, 2.45) is 0 Å². The Morgan fingerprint density at radius 1 is 1.22 bits per heavy atom. The van der Waals surface area contributed by atoms with Crippen molar-refractivity contribution in [3.05, 3.63) is 71.7 Å². The van der Waals surface area contributed by atoms with E-state index in [2.05, 4.69) is 30.4 Å². The van der Waals surface area contributed by atoms with Crippen LogP contribution < -0.4 is 20.5 Å². The van der Waals surface area contributed by atoms with Crippen molar-refractivity contribution in [1.82, 2.24) is 20.4 Å². The second-order valence-corrected chi connectivity index (χ2v) is 8.93. The minimum absolute atomic E-state index is 0.0256. The van der Waals surface area contributed by atoms with E-state index in [0.29, 0.717) is 22.4 Å². The maximum Gasteiger partial charge on any atom is 0.201 e. The second kappa shape index (κ2) is 11.4. The standard InChI is InChI=1S/C25H26F2N8OS/c1-4-10-37-34-19-9-8-18(26)21(22(19)27)23(36)17-12-30-24-20(17)25(32-13-31-24)33-15-6-5-7-16(11-15)35(29-3)14(2)28/h5-9,11-13,28-29,34H,4,10H2,1-3H3,(H2,30,31,32,33). The van der Waals surface area contributed by atoms with Crippen LogP contribution in [0.5, 0.6) is 0 Å². The number of nitrogens with one attached hydrogen (secondary N) is 5. The number of hydrogen-bond acceptors (Lipinski definition) is 8. The summed E-state index contributed by atoms with van der Waals surface area (Å²) in [6.45, 7) is 3.63. The summed E-state index contributed by atoms with van der Waals surface area (Å²) < 4.78 is 32.8. The van der Waals surface area contributed by atoms with E-state index < -0.39 is 23.0 Å². The molecule has 0 atom stereocenters. The number of aromatic amines is 1. The Bertz CT molecular complexity index is 1460. The predicted octanol–water partition coefficient (Wildman–Crippen LogP) is 5.62. The van der Waals surface area contributed by atoms with Gasteiger partial charge in [0, 0.05) is 24.7 Å². The summed E-state index contributed by atoms with van der Waals surface area (Å²) in [6.07, 6.45) is 3.56. The molecule has 0 aliphatic heterocycles. The zero-order chi connectivity index (χ0) is 26.5. The number of carbonyl (C=O) groups is 1. The Balaban J connectivity index is 1.73. The summed E-state index contributed by atoms with van der Waals surface area (Å²) in [7, 11) is 1.70. The smallest absolute Gasteiger partial charge is 0.201 e. The maximum absolute atomic E-state index is 15.2. The minimum atomic E-state index is -0.962. The fraction of sp³-hybridized carbons (Fsp3) is 0.200. The van der Waals surface area contributed by atoms with E-state index in [1.165, 1.54) is 30.5 Å². The maximum atomic E-state index is 15.2. The van der Waals surface area contributed by atoms with Gasteiger partial charge in [-0.15, -0.1) is 0 Å². The first-order chi connectivity index (χ1) is 17.8. The van der Waals surface area contributed by atoms with Crippen LogP contribution in [-0.2, 0) is 0 Å². The number of H-pyrrole nitrogens is 1. The van der Waals surface area contributed by atoms with Gasteiger partial charge in [-0.1, -0.05) is 24.9 Å². The first kappa shape index (κ1) is 26.0. The van der Waals surface area contributed by atoms with Crippen molar-refractivity contribution in [3.63, 3.8) is 0 Å². The minimum Gasteiger partial charge on any atom is -0.345 e. The fourth-order valence-corrected chi connectivity index (χ4v) is 4.41. The van der Waals surface area contributed by atoms with Gasteiger partial charge in [-0.2, -0.15) is 0 Å². The highest BCUT2D eigenvalue weighted by atomic mass is 32.2. The molecule has 2 aromatic heterocycles. The van der Waals surface area contributed by atoms with Gasteiger partial charge >= 0.3 is 0 Å². The fourth-order valence-electron chi connectivity index (χ4n) is 3.79. The van der Waals surface area contributed by atoms with Crippen molar-refractivity contribution in [1.29, 1.82) is 5.41 Å². The van der Waals surface area contributed by atoms with Gasteiger partial charge in [-0.25, -0.2) is 24.2 Å². The van der Waals surface area contributed by atoms with Gasteiger partial charge in [0.25, 0.3) is 0 Å². The highest BCUT2D eigenvalue weighted by Gasteiger charge is 2.26. The molecule has 5 N–H and O–H groups in total. The Morgan fingerprint density at radius 2 is 2.03 bits per heavy atom. The van der Waals surface area contributed by atoms with Gasteiger partial charge in [0.1, 0.15) is 29.4 Å². The second-order valence-electron chi connectivity index (χ2n) is 8.03. The number of ketones is 1. The lowest BCUT2D eigenvalue weighted by atomic mass is 10.0. The summed E-state index contributed by atoms with van der Waals surface area (Å²) in [5.41, 5.74) is 3.98. The van der Waals surface area contributed by atoms with Crippen LogP contribution in [0.15, 0.2) is 48.9 Å². The van der Waals surface area contributed by atoms with Crippen molar-refractivity contribution in [2.75, 3.05) is 27.8 Å². The van der Waals surface area contributed by atoms with Gasteiger partial charge in [0.2, 0.25) is 5.78 Å². The molecule has 2 aromatic carbocycles. The molecule has 192 valence electrons. The molecule has 4 rings (SSSR count). The van der Waals surface area contributed by atoms with Gasteiger partial charge in [0.15, 0.2) is 5.82 Å². The number of carbonyl (C=O) groups excluding carboxylic acids is 1. The van der Waals surface area contributed by atoms with Crippen LogP contribution in [0.3, 0.4) is 0 Å². The molecule has 0 radical (unpaired) electrons. The molecule has 0 aliphatic carbocycles. The number of aromatic nitrogens is 3. The van der Waals surface area contributed by atoms with Crippen LogP contribution >= 0.6 is 11.9 Å². The van der Waals surface area contributed by atoms with E-state index in [4.69, 9.17) is 5.41 Å². The van der Waals surface area contributed by atoms with Crippen LogP contribution in [-0.4, -0.2) is 39.4 Å². The number of rotatable bonds is 10. The third-order valence-corrected chi connectivity index (χ3v) is 6.42. The Kier molecular flexibility index (Phi) is 7.99. The number of hydrazine groups is 1. The first-order valence-electron chi connectivity index (χ1n) is 11.5. The number of benzene rings is 2. The van der Waals surface area contributed by atoms with Crippen molar-refractivity contribution < 1.29 is 13.6 Å². The predicted molar refractivity (Wildman–Crippen MR) is 145 cm³/mol. The number of anilines is 4. The quantitative estimate of drug-likeness (QED) is 0.0453. The summed E-state index contributed by atoms with van der Waals surface area (Å²) in [6, 6.07) is 9.55. The molecule has 37 heavy (non-hydrogen) atoms. The number of nitrogens with zero attached hydrogens (tertiary/aromatic N) is 3. The zero-order valence-electron chi connectivity index (χ0n) is 20.4. The third-order valence-electron chi connectivity index (χ3n) is 5.45. The van der Waals surface area contributed by atoms with Crippen LogP contribution in [0.1, 0.15) is 36.2 Å². The molecular formula is C25H26F2N8OS. The molecule has 2 heterocycles. The molecule has 0 bridgehead atoms. The van der Waals surface area contributed by atoms with Crippen LogP contribution in [0, 0.1) is 17.0 Å². The summed E-state index contributed by atoms with van der Waals surface area (Å²) >= 11 is 1.28. The highest BCUT2D eigenvalue weighted by Crippen LogP contribution is 2.32. The van der Waals surface area contributed by atoms with E-state index in [0.717, 1.165) is 18.2 Å². The average molecular weight is 525 g/mol. The van der Waals surface area contributed by atoms with Crippen LogP contribution in [0.4, 0.5) is 31.7 Å². The van der Waals surface area contributed by atoms with Crippen molar-refractivity contribution in [2.45, 2.75) is 20.3 Å². The number of halogens is 2. The van der Waals surface area contributed by atoms with E-state index >= 15 is 4.39 Å². The monoisotopic (exact) mass is 524 g/mol. The Hall–Kier alpha value is -4.03. The van der Waals surface area contributed by atoms with Gasteiger partial charge < -0.3 is 15.0 Å². The molecule has 0 spiro atoms. The van der Waals surface area contributed by atoms with E-state index in [1.54, 1.807) is 37.2 Å². The van der Waals surface area contributed by atoms with Crippen molar-refractivity contribution >= 4 is 57.5 Å². The highest BCUT2D eigenvalue weighted by molar-refractivity contribution is 8.00. The van der Waals surface area contributed by atoms with E-state index in [1.807, 2.05) is 13.0 Å². The number of hydrogen-bond donors (Lipinski definition) is 5. The van der Waals surface area contributed by atoms with E-state index in [9.17, 15) is 9.18 Å². The first-order valence-corrected chi connectivity index (χ1v) is 12.5. The average Bonchev–Trinajstić information content (AvgIpc) is 3.31. The lowest BCUT2D eigenvalue weighted by Gasteiger charge is -2.22. The van der Waals surface area contributed by atoms with E-state index in [-0.39, 0.29) is 22.9 Å². The molecular weight excluding hydrogens is 498 g/mol. The van der Waals surface area contributed by atoms with Crippen molar-refractivity contribution in [3.8, 4) is 0 Å². The summed E-state index contributed by atoms with van der Waals surface area (Å²) in [5.74, 6) is -1.47. The molecule has 0 fully saturated rings. The molecule has 0 amide bonds. The normalized spacial score (nSPS) is 10.9. The molecule has 4 aromatic rings. The third kappa shape index (κ3) is 5.39. The zero-order valence-corrected chi connectivity index (χ0v) is 21.3. The van der Waals surface area contributed by atoms with Gasteiger partial charge in [-0.3, -0.25) is 15.2 Å². The van der Waals surface area contributed by atoms with Crippen LogP contribution in [0.25, 0.3) is 11.0 Å². The molecule has 9 nitrogen and oxygen atoms in total. The number of fused-ring (bicyclic) bond motifs is 1. The summed E-state index contributed by atoms with van der Waals surface area (Å²) in [5, 5.41) is 13.0. The lowest BCUT2D eigenvalue weighted by Crippen LogP contribution is -2.38.